The number of carbonyl (C=O) groups is 1. The van der Waals surface area contributed by atoms with Gasteiger partial charge in [0.05, 0.1) is 16.8 Å². The average molecular weight is 551 g/mol. The third kappa shape index (κ3) is 5.64. The molecule has 1 aliphatic rings. The number of aryl methyl sites for hydroxylation is 1. The highest BCUT2D eigenvalue weighted by molar-refractivity contribution is 7.80. The molecule has 0 spiro atoms. The van der Waals surface area contributed by atoms with Crippen molar-refractivity contribution in [3.8, 4) is 11.3 Å². The zero-order chi connectivity index (χ0) is 25.9. The third-order valence-corrected chi connectivity index (χ3v) is 7.13. The topological polar surface area (TPSA) is 70.4 Å². The first kappa shape index (κ1) is 25.3. The van der Waals surface area contributed by atoms with Crippen molar-refractivity contribution >= 4 is 52.1 Å². The number of carbonyl (C=O) groups excluding carboxylic acids is 1. The summed E-state index contributed by atoms with van der Waals surface area (Å²) in [4.78, 5) is 19.3. The molecule has 3 heterocycles. The molecular formula is C28H24Cl2N4O2S. The van der Waals surface area contributed by atoms with E-state index in [2.05, 4.69) is 15.6 Å². The Balaban J connectivity index is 1.40. The summed E-state index contributed by atoms with van der Waals surface area (Å²) in [6.07, 6.45) is 1.99. The highest BCUT2D eigenvalue weighted by atomic mass is 35.5. The Morgan fingerprint density at radius 2 is 1.92 bits per heavy atom. The number of halogens is 2. The lowest BCUT2D eigenvalue weighted by Gasteiger charge is -2.25. The van der Waals surface area contributed by atoms with Crippen LogP contribution >= 0.6 is 35.4 Å². The van der Waals surface area contributed by atoms with Crippen LogP contribution in [0.3, 0.4) is 0 Å². The number of furan rings is 1. The summed E-state index contributed by atoms with van der Waals surface area (Å²) in [7, 11) is 0. The van der Waals surface area contributed by atoms with Crippen molar-refractivity contribution in [3.63, 3.8) is 0 Å². The molecule has 2 unspecified atom stereocenters. The minimum absolute atomic E-state index is 0.0974. The second kappa shape index (κ2) is 10.9. The second-order valence-electron chi connectivity index (χ2n) is 8.81. The van der Waals surface area contributed by atoms with Gasteiger partial charge in [-0.15, -0.1) is 0 Å². The SMILES string of the molecule is Cc1ccc(NC(=O)CCN2C(=S)NC(c3ccccn3)C2c2ccc(-c3ccc(Cl)cc3Cl)o2)cc1. The van der Waals surface area contributed by atoms with Crippen LogP contribution in [0.2, 0.25) is 10.0 Å². The highest BCUT2D eigenvalue weighted by Gasteiger charge is 2.41. The van der Waals surface area contributed by atoms with Crippen molar-refractivity contribution in [3.05, 3.63) is 106 Å². The molecular weight excluding hydrogens is 527 g/mol. The summed E-state index contributed by atoms with van der Waals surface area (Å²) >= 11 is 18.2. The summed E-state index contributed by atoms with van der Waals surface area (Å²) in [5.74, 6) is 1.20. The molecule has 0 radical (unpaired) electrons. The van der Waals surface area contributed by atoms with Crippen LogP contribution in [0, 0.1) is 6.92 Å². The number of benzene rings is 2. The van der Waals surface area contributed by atoms with Crippen molar-refractivity contribution in [2.45, 2.75) is 25.4 Å². The molecule has 1 fully saturated rings. The molecule has 0 bridgehead atoms. The smallest absolute Gasteiger partial charge is 0.226 e. The van der Waals surface area contributed by atoms with Crippen LogP contribution in [0.1, 0.15) is 35.5 Å². The molecule has 4 aromatic rings. The van der Waals surface area contributed by atoms with Gasteiger partial charge in [0.25, 0.3) is 0 Å². The number of rotatable bonds is 7. The van der Waals surface area contributed by atoms with Crippen molar-refractivity contribution in [2.24, 2.45) is 0 Å². The first-order chi connectivity index (χ1) is 17.9. The van der Waals surface area contributed by atoms with E-state index in [0.717, 1.165) is 22.5 Å². The Kier molecular flexibility index (Phi) is 7.46. The molecule has 2 aromatic carbocycles. The number of hydrogen-bond donors (Lipinski definition) is 2. The van der Waals surface area contributed by atoms with Gasteiger partial charge in [-0.3, -0.25) is 9.78 Å². The Morgan fingerprint density at radius 1 is 1.11 bits per heavy atom. The van der Waals surface area contributed by atoms with Gasteiger partial charge in [0.15, 0.2) is 5.11 Å². The third-order valence-electron chi connectivity index (χ3n) is 6.23. The largest absolute Gasteiger partial charge is 0.459 e. The molecule has 1 amide bonds. The average Bonchev–Trinajstić information content (AvgIpc) is 3.49. The normalized spacial score (nSPS) is 17.1. The van der Waals surface area contributed by atoms with E-state index in [4.69, 9.17) is 39.8 Å². The molecule has 2 atom stereocenters. The van der Waals surface area contributed by atoms with Crippen molar-refractivity contribution in [2.75, 3.05) is 11.9 Å². The Labute approximate surface area is 230 Å². The fourth-order valence-corrected chi connectivity index (χ4v) is 5.22. The summed E-state index contributed by atoms with van der Waals surface area (Å²) in [6.45, 7) is 2.40. The zero-order valence-electron chi connectivity index (χ0n) is 19.9. The van der Waals surface area contributed by atoms with E-state index in [1.165, 1.54) is 0 Å². The van der Waals surface area contributed by atoms with Crippen LogP contribution < -0.4 is 10.6 Å². The quantitative estimate of drug-likeness (QED) is 0.242. The maximum absolute atomic E-state index is 12.7. The zero-order valence-corrected chi connectivity index (χ0v) is 22.3. The molecule has 1 saturated heterocycles. The first-order valence-electron chi connectivity index (χ1n) is 11.8. The molecule has 188 valence electrons. The van der Waals surface area contributed by atoms with E-state index in [1.54, 1.807) is 18.3 Å². The number of thiocarbonyl (C=S) groups is 1. The van der Waals surface area contributed by atoms with Gasteiger partial charge in [-0.25, -0.2) is 0 Å². The van der Waals surface area contributed by atoms with Gasteiger partial charge >= 0.3 is 0 Å². The van der Waals surface area contributed by atoms with Gasteiger partial charge in [-0.1, -0.05) is 47.0 Å². The molecule has 37 heavy (non-hydrogen) atoms. The molecule has 1 aliphatic heterocycles. The van der Waals surface area contributed by atoms with Gasteiger partial charge in [0.1, 0.15) is 17.6 Å². The first-order valence-corrected chi connectivity index (χ1v) is 13.0. The minimum Gasteiger partial charge on any atom is -0.459 e. The number of hydrogen-bond acceptors (Lipinski definition) is 4. The predicted octanol–water partition coefficient (Wildman–Crippen LogP) is 6.96. The fraction of sp³-hybridized carbons (Fsp3) is 0.179. The monoisotopic (exact) mass is 550 g/mol. The van der Waals surface area contributed by atoms with E-state index < -0.39 is 0 Å². The van der Waals surface area contributed by atoms with E-state index in [1.807, 2.05) is 72.5 Å². The van der Waals surface area contributed by atoms with Crippen LogP contribution in [0.15, 0.2) is 83.4 Å². The van der Waals surface area contributed by atoms with E-state index in [9.17, 15) is 4.79 Å². The standard InChI is InChI=1S/C28H24Cl2N4O2S/c1-17-5-8-19(9-6-17)32-25(35)13-15-34-27(26(33-28(34)37)22-4-2-3-14-31-22)24-12-11-23(36-24)20-10-7-18(29)16-21(20)30/h2-12,14,16,26-27H,13,15H2,1H3,(H,32,35)(H,33,37). The van der Waals surface area contributed by atoms with Crippen LogP contribution in [-0.2, 0) is 4.79 Å². The highest BCUT2D eigenvalue weighted by Crippen LogP contribution is 2.41. The summed E-state index contributed by atoms with van der Waals surface area (Å²) in [5, 5.41) is 7.91. The van der Waals surface area contributed by atoms with Crippen LogP contribution in [0.25, 0.3) is 11.3 Å². The molecule has 0 aliphatic carbocycles. The van der Waals surface area contributed by atoms with Crippen LogP contribution in [-0.4, -0.2) is 27.4 Å². The lowest BCUT2D eigenvalue weighted by Crippen LogP contribution is -2.32. The fourth-order valence-electron chi connectivity index (χ4n) is 4.38. The summed E-state index contributed by atoms with van der Waals surface area (Å²) < 4.78 is 6.32. The van der Waals surface area contributed by atoms with Crippen molar-refractivity contribution in [1.82, 2.24) is 15.2 Å². The number of nitrogens with one attached hydrogen (secondary N) is 2. The molecule has 5 rings (SSSR count). The Hall–Kier alpha value is -3.39. The summed E-state index contributed by atoms with van der Waals surface area (Å²) in [6, 6.07) is 22.0. The van der Waals surface area contributed by atoms with Gasteiger partial charge in [0.2, 0.25) is 5.91 Å². The van der Waals surface area contributed by atoms with Gasteiger partial charge in [-0.2, -0.15) is 0 Å². The minimum atomic E-state index is -0.311. The lowest BCUT2D eigenvalue weighted by atomic mass is 10.0. The number of aromatic nitrogens is 1. The van der Waals surface area contributed by atoms with E-state index >= 15 is 0 Å². The number of pyridine rings is 1. The van der Waals surface area contributed by atoms with Crippen LogP contribution in [0.5, 0.6) is 0 Å². The molecule has 6 nitrogen and oxygen atoms in total. The Bertz CT molecular complexity index is 1430. The molecule has 2 aromatic heterocycles. The van der Waals surface area contributed by atoms with Gasteiger partial charge in [0, 0.05) is 35.4 Å². The van der Waals surface area contributed by atoms with Crippen molar-refractivity contribution < 1.29 is 9.21 Å². The second-order valence-corrected chi connectivity index (χ2v) is 10.0. The van der Waals surface area contributed by atoms with Gasteiger partial charge in [-0.05, 0) is 73.7 Å². The Morgan fingerprint density at radius 3 is 2.65 bits per heavy atom. The summed E-state index contributed by atoms with van der Waals surface area (Å²) in [5.41, 5.74) is 3.46. The van der Waals surface area contributed by atoms with E-state index in [0.29, 0.717) is 33.2 Å². The van der Waals surface area contributed by atoms with Crippen molar-refractivity contribution in [1.29, 1.82) is 0 Å². The van der Waals surface area contributed by atoms with Crippen LogP contribution in [0.4, 0.5) is 5.69 Å². The predicted molar refractivity (Wildman–Crippen MR) is 151 cm³/mol. The maximum Gasteiger partial charge on any atom is 0.226 e. The molecule has 9 heteroatoms. The number of amides is 1. The lowest BCUT2D eigenvalue weighted by molar-refractivity contribution is -0.116. The molecule has 2 N–H and O–H groups in total. The maximum atomic E-state index is 12.7. The van der Waals surface area contributed by atoms with Gasteiger partial charge < -0.3 is 20.0 Å². The number of anilines is 1. The molecule has 0 saturated carbocycles. The van der Waals surface area contributed by atoms with E-state index in [-0.39, 0.29) is 24.4 Å². The number of nitrogens with zero attached hydrogens (tertiary/aromatic N) is 2.